The number of unbranched alkanes of at least 4 members (excludes halogenated alkanes) is 3. The molecule has 0 aliphatic rings. The Hall–Kier alpha value is -1.32. The lowest BCUT2D eigenvalue weighted by atomic mass is 10.1. The first-order chi connectivity index (χ1) is 6.57. The van der Waals surface area contributed by atoms with Crippen LogP contribution in [0.5, 0.6) is 0 Å². The first kappa shape index (κ1) is 12.7. The summed E-state index contributed by atoms with van der Waals surface area (Å²) in [6.45, 7) is 2.11. The second kappa shape index (κ2) is 7.12. The molecule has 0 heterocycles. The van der Waals surface area contributed by atoms with Crippen LogP contribution in [0, 0.1) is 0 Å². The van der Waals surface area contributed by atoms with Gasteiger partial charge in [0, 0.05) is 11.6 Å². The predicted molar refractivity (Wildman–Crippen MR) is 55.2 cm³/mol. The molecule has 0 aliphatic carbocycles. The highest BCUT2D eigenvalue weighted by atomic mass is 16.1. The van der Waals surface area contributed by atoms with Gasteiger partial charge in [-0.3, -0.25) is 9.59 Å². The van der Waals surface area contributed by atoms with Crippen LogP contribution in [-0.4, -0.2) is 11.8 Å². The molecule has 0 saturated carbocycles. The standard InChI is InChI=1S/C10H18N2O2/c1-2-3-4-5-6-8(10(12)14)7-9(11)13/h7H,2-6H2,1H3,(H2,11,13)(H2,12,14)/b8-7-. The molecule has 0 aromatic carbocycles. The smallest absolute Gasteiger partial charge is 0.244 e. The van der Waals surface area contributed by atoms with E-state index in [0.29, 0.717) is 12.0 Å². The monoisotopic (exact) mass is 198 g/mol. The first-order valence-corrected chi connectivity index (χ1v) is 4.87. The Bertz CT molecular complexity index is 234. The van der Waals surface area contributed by atoms with Crippen LogP contribution in [0.25, 0.3) is 0 Å². The third kappa shape index (κ3) is 6.22. The lowest BCUT2D eigenvalue weighted by Gasteiger charge is -2.01. The highest BCUT2D eigenvalue weighted by Gasteiger charge is 2.05. The molecule has 0 spiro atoms. The van der Waals surface area contributed by atoms with E-state index in [0.717, 1.165) is 31.8 Å². The van der Waals surface area contributed by atoms with Gasteiger partial charge in [0.1, 0.15) is 0 Å². The zero-order chi connectivity index (χ0) is 11.0. The SMILES string of the molecule is CCCCCC/C(=C/C(N)=O)C(N)=O. The number of hydrogen-bond donors (Lipinski definition) is 2. The number of amides is 2. The van der Waals surface area contributed by atoms with Gasteiger partial charge >= 0.3 is 0 Å². The molecule has 0 rings (SSSR count). The molecule has 0 bridgehead atoms. The molecule has 0 fully saturated rings. The van der Waals surface area contributed by atoms with E-state index in [1.165, 1.54) is 0 Å². The molecule has 4 nitrogen and oxygen atoms in total. The van der Waals surface area contributed by atoms with Crippen molar-refractivity contribution < 1.29 is 9.59 Å². The fraction of sp³-hybridized carbons (Fsp3) is 0.600. The Balaban J connectivity index is 3.99. The van der Waals surface area contributed by atoms with Crippen LogP contribution in [0.1, 0.15) is 39.0 Å². The minimum Gasteiger partial charge on any atom is -0.366 e. The summed E-state index contributed by atoms with van der Waals surface area (Å²) in [5.74, 6) is -1.17. The average molecular weight is 198 g/mol. The summed E-state index contributed by atoms with van der Waals surface area (Å²) in [6, 6.07) is 0. The van der Waals surface area contributed by atoms with Crippen molar-refractivity contribution in [2.24, 2.45) is 11.5 Å². The number of hydrogen-bond acceptors (Lipinski definition) is 2. The second-order valence-electron chi connectivity index (χ2n) is 3.25. The van der Waals surface area contributed by atoms with Gasteiger partial charge < -0.3 is 11.5 Å². The predicted octanol–water partition coefficient (Wildman–Crippen LogP) is 0.854. The molecule has 0 unspecified atom stereocenters. The van der Waals surface area contributed by atoms with Crippen LogP contribution in [0.3, 0.4) is 0 Å². The molecule has 14 heavy (non-hydrogen) atoms. The largest absolute Gasteiger partial charge is 0.366 e. The van der Waals surface area contributed by atoms with Gasteiger partial charge in [0.15, 0.2) is 0 Å². The first-order valence-electron chi connectivity index (χ1n) is 4.87. The zero-order valence-electron chi connectivity index (χ0n) is 8.58. The topological polar surface area (TPSA) is 86.2 Å². The summed E-state index contributed by atoms with van der Waals surface area (Å²) in [4.78, 5) is 21.4. The second-order valence-corrected chi connectivity index (χ2v) is 3.25. The minimum atomic E-state index is -0.616. The molecule has 0 aliphatic heterocycles. The van der Waals surface area contributed by atoms with Gasteiger partial charge in [-0.15, -0.1) is 0 Å². The molecule has 0 atom stereocenters. The van der Waals surface area contributed by atoms with Gasteiger partial charge in [-0.1, -0.05) is 26.2 Å². The van der Waals surface area contributed by atoms with Gasteiger partial charge in [-0.2, -0.15) is 0 Å². The Morgan fingerprint density at radius 1 is 1.14 bits per heavy atom. The van der Waals surface area contributed by atoms with Gasteiger partial charge in [0.05, 0.1) is 0 Å². The summed E-state index contributed by atoms with van der Waals surface area (Å²) in [5.41, 5.74) is 10.4. The van der Waals surface area contributed by atoms with Crippen LogP contribution in [-0.2, 0) is 9.59 Å². The number of carbonyl (C=O) groups excluding carboxylic acids is 2. The van der Waals surface area contributed by atoms with Crippen LogP contribution < -0.4 is 11.5 Å². The fourth-order valence-corrected chi connectivity index (χ4v) is 1.18. The van der Waals surface area contributed by atoms with Crippen molar-refractivity contribution in [3.63, 3.8) is 0 Å². The number of carbonyl (C=O) groups is 2. The molecular weight excluding hydrogens is 180 g/mol. The van der Waals surface area contributed by atoms with Crippen LogP contribution in [0.4, 0.5) is 0 Å². The lowest BCUT2D eigenvalue weighted by molar-refractivity contribution is -0.116. The Labute approximate surface area is 84.3 Å². The third-order valence-electron chi connectivity index (χ3n) is 1.93. The molecular formula is C10H18N2O2. The van der Waals surface area contributed by atoms with Crippen LogP contribution in [0.2, 0.25) is 0 Å². The maximum absolute atomic E-state index is 10.8. The summed E-state index contributed by atoms with van der Waals surface area (Å²) in [6.07, 6.45) is 5.83. The molecule has 80 valence electrons. The van der Waals surface area contributed by atoms with Crippen LogP contribution in [0.15, 0.2) is 11.6 Å². The van der Waals surface area contributed by atoms with Gasteiger partial charge in [-0.05, 0) is 12.8 Å². The molecule has 0 aromatic heterocycles. The fourth-order valence-electron chi connectivity index (χ4n) is 1.18. The summed E-state index contributed by atoms with van der Waals surface area (Å²) >= 11 is 0. The van der Waals surface area contributed by atoms with Crippen molar-refractivity contribution in [1.82, 2.24) is 0 Å². The van der Waals surface area contributed by atoms with Crippen molar-refractivity contribution >= 4 is 11.8 Å². The lowest BCUT2D eigenvalue weighted by Crippen LogP contribution is -2.17. The van der Waals surface area contributed by atoms with Gasteiger partial charge in [0.25, 0.3) is 0 Å². The molecule has 0 aromatic rings. The van der Waals surface area contributed by atoms with Gasteiger partial charge in [-0.25, -0.2) is 0 Å². The number of rotatable bonds is 7. The van der Waals surface area contributed by atoms with E-state index in [-0.39, 0.29) is 0 Å². The molecule has 0 saturated heterocycles. The van der Waals surface area contributed by atoms with E-state index >= 15 is 0 Å². The van der Waals surface area contributed by atoms with Crippen molar-refractivity contribution in [2.45, 2.75) is 39.0 Å². The zero-order valence-corrected chi connectivity index (χ0v) is 8.58. The summed E-state index contributed by atoms with van der Waals surface area (Å²) in [5, 5.41) is 0. The van der Waals surface area contributed by atoms with E-state index in [4.69, 9.17) is 11.5 Å². The van der Waals surface area contributed by atoms with Crippen molar-refractivity contribution in [2.75, 3.05) is 0 Å². The minimum absolute atomic E-state index is 0.327. The third-order valence-corrected chi connectivity index (χ3v) is 1.93. The van der Waals surface area contributed by atoms with E-state index < -0.39 is 11.8 Å². The van der Waals surface area contributed by atoms with E-state index in [1.807, 2.05) is 0 Å². The highest BCUT2D eigenvalue weighted by molar-refractivity contribution is 5.99. The van der Waals surface area contributed by atoms with E-state index in [2.05, 4.69) is 6.92 Å². The molecule has 2 amide bonds. The Morgan fingerprint density at radius 2 is 1.79 bits per heavy atom. The maximum atomic E-state index is 10.8. The molecule has 0 radical (unpaired) electrons. The van der Waals surface area contributed by atoms with E-state index in [9.17, 15) is 9.59 Å². The van der Waals surface area contributed by atoms with Crippen LogP contribution >= 0.6 is 0 Å². The van der Waals surface area contributed by atoms with Gasteiger partial charge in [0.2, 0.25) is 11.8 Å². The van der Waals surface area contributed by atoms with Crippen molar-refractivity contribution in [1.29, 1.82) is 0 Å². The quantitative estimate of drug-likeness (QED) is 0.469. The Morgan fingerprint density at radius 3 is 2.21 bits per heavy atom. The highest BCUT2D eigenvalue weighted by Crippen LogP contribution is 2.09. The van der Waals surface area contributed by atoms with E-state index in [1.54, 1.807) is 0 Å². The maximum Gasteiger partial charge on any atom is 0.244 e. The Kier molecular flexibility index (Phi) is 6.45. The molecule has 4 heteroatoms. The van der Waals surface area contributed by atoms with Crippen molar-refractivity contribution in [3.8, 4) is 0 Å². The normalized spacial score (nSPS) is 11.4. The molecule has 4 N–H and O–H groups in total. The summed E-state index contributed by atoms with van der Waals surface area (Å²) < 4.78 is 0. The number of nitrogens with two attached hydrogens (primary N) is 2. The summed E-state index contributed by atoms with van der Waals surface area (Å²) in [7, 11) is 0. The average Bonchev–Trinajstić information content (AvgIpc) is 2.09. The van der Waals surface area contributed by atoms with Crippen molar-refractivity contribution in [3.05, 3.63) is 11.6 Å². The number of primary amides is 2.